The highest BCUT2D eigenvalue weighted by atomic mass is 35.5. The van der Waals surface area contributed by atoms with Crippen LogP contribution in [0.3, 0.4) is 0 Å². The number of benzene rings is 2. The molecule has 184 valence electrons. The smallest absolute Gasteiger partial charge is 0.219 e. The minimum absolute atomic E-state index is 0.141. The Balaban J connectivity index is 1.56. The molecule has 0 N–H and O–H groups in total. The predicted octanol–water partition coefficient (Wildman–Crippen LogP) is 7.21. The van der Waals surface area contributed by atoms with Crippen LogP contribution in [0.25, 0.3) is 0 Å². The van der Waals surface area contributed by atoms with Crippen molar-refractivity contribution in [2.45, 2.75) is 56.8 Å². The summed E-state index contributed by atoms with van der Waals surface area (Å²) in [5.41, 5.74) is 2.37. The maximum atomic E-state index is 6.76. The summed E-state index contributed by atoms with van der Waals surface area (Å²) in [6.45, 7) is 8.17. The first kappa shape index (κ1) is 24.1. The molecular weight excluding hydrogens is 460 g/mol. The van der Waals surface area contributed by atoms with Gasteiger partial charge < -0.3 is 9.47 Å². The number of hydrogen-bond donors (Lipinski definition) is 0. The summed E-state index contributed by atoms with van der Waals surface area (Å²) in [6, 6.07) is 13.7. The summed E-state index contributed by atoms with van der Waals surface area (Å²) in [5, 5.41) is 2.50. The van der Waals surface area contributed by atoms with E-state index in [9.17, 15) is 0 Å². The van der Waals surface area contributed by atoms with E-state index in [-0.39, 0.29) is 11.5 Å². The van der Waals surface area contributed by atoms with Crippen LogP contribution in [0.1, 0.15) is 49.7 Å². The van der Waals surface area contributed by atoms with E-state index >= 15 is 0 Å². The molecule has 1 atom stereocenters. The first-order valence-corrected chi connectivity index (χ1v) is 12.7. The lowest BCUT2D eigenvalue weighted by Gasteiger charge is -2.45. The van der Waals surface area contributed by atoms with Gasteiger partial charge in [-0.15, -0.1) is 6.58 Å². The van der Waals surface area contributed by atoms with Gasteiger partial charge >= 0.3 is 0 Å². The van der Waals surface area contributed by atoms with Crippen LogP contribution in [0.2, 0.25) is 5.02 Å². The molecule has 1 fully saturated rings. The second-order valence-corrected chi connectivity index (χ2v) is 10.3. The molecule has 1 saturated carbocycles. The highest BCUT2D eigenvalue weighted by Crippen LogP contribution is 2.62. The summed E-state index contributed by atoms with van der Waals surface area (Å²) in [4.78, 5) is 12.1. The molecule has 0 radical (unpaired) electrons. The summed E-state index contributed by atoms with van der Waals surface area (Å²) >= 11 is 6.05. The van der Waals surface area contributed by atoms with Crippen LogP contribution in [0.4, 0.5) is 0 Å². The Morgan fingerprint density at radius 1 is 1.20 bits per heavy atom. The molecular formula is C29H33ClN2O3. The van der Waals surface area contributed by atoms with Crippen molar-refractivity contribution >= 4 is 17.4 Å². The Bertz CT molecular complexity index is 1150. The van der Waals surface area contributed by atoms with Gasteiger partial charge in [0.2, 0.25) is 5.72 Å². The molecule has 0 aromatic heterocycles. The lowest BCUT2D eigenvalue weighted by Crippen LogP contribution is -2.46. The number of ether oxygens (including phenoxy) is 2. The van der Waals surface area contributed by atoms with Crippen molar-refractivity contribution in [1.29, 1.82) is 0 Å². The van der Waals surface area contributed by atoms with Gasteiger partial charge in [-0.1, -0.05) is 30.3 Å². The van der Waals surface area contributed by atoms with Crippen LogP contribution < -0.4 is 4.74 Å². The average Bonchev–Trinajstić information content (AvgIpc) is 3.35. The Kier molecular flexibility index (Phi) is 6.51. The van der Waals surface area contributed by atoms with Crippen LogP contribution in [-0.4, -0.2) is 31.2 Å². The highest BCUT2D eigenvalue weighted by Gasteiger charge is 2.63. The van der Waals surface area contributed by atoms with Crippen molar-refractivity contribution < 1.29 is 14.3 Å². The zero-order valence-corrected chi connectivity index (χ0v) is 21.3. The van der Waals surface area contributed by atoms with Gasteiger partial charge in [-0.25, -0.2) is 14.9 Å². The van der Waals surface area contributed by atoms with E-state index in [4.69, 9.17) is 30.9 Å². The van der Waals surface area contributed by atoms with Gasteiger partial charge in [0.15, 0.2) is 5.84 Å². The van der Waals surface area contributed by atoms with Crippen LogP contribution in [0, 0.1) is 5.41 Å². The zero-order valence-electron chi connectivity index (χ0n) is 20.6. The first-order valence-electron chi connectivity index (χ1n) is 12.3. The first-order chi connectivity index (χ1) is 16.9. The molecule has 1 unspecified atom stereocenters. The number of allylic oxidation sites excluding steroid dienone is 1. The molecule has 1 heterocycles. The number of halogens is 1. The third-order valence-corrected chi connectivity index (χ3v) is 8.02. The summed E-state index contributed by atoms with van der Waals surface area (Å²) in [7, 11) is 3.75. The fourth-order valence-corrected chi connectivity index (χ4v) is 6.01. The number of aliphatic imine (C=N–C) groups is 1. The number of nitrogens with zero attached hydrogens (tertiary/aromatic N) is 2. The number of amidine groups is 1. The van der Waals surface area contributed by atoms with Gasteiger partial charge in [-0.3, -0.25) is 0 Å². The maximum absolute atomic E-state index is 6.76. The minimum atomic E-state index is -0.804. The summed E-state index contributed by atoms with van der Waals surface area (Å²) in [6.07, 6.45) is 8.74. The Labute approximate surface area is 213 Å². The fourth-order valence-electron chi connectivity index (χ4n) is 5.89. The molecule has 6 heteroatoms. The minimum Gasteiger partial charge on any atom is -0.457 e. The van der Waals surface area contributed by atoms with E-state index in [1.54, 1.807) is 0 Å². The maximum Gasteiger partial charge on any atom is 0.219 e. The monoisotopic (exact) mass is 492 g/mol. The molecule has 3 aliphatic rings. The van der Waals surface area contributed by atoms with Gasteiger partial charge in [0.1, 0.15) is 11.5 Å². The topological polar surface area (TPSA) is 43.3 Å². The molecule has 0 saturated heterocycles. The molecule has 0 bridgehead atoms. The molecule has 2 spiro atoms. The fraction of sp³-hybridized carbons (Fsp3) is 0.414. The molecule has 1 aliphatic heterocycles. The Morgan fingerprint density at radius 2 is 1.91 bits per heavy atom. The molecule has 2 aromatic carbocycles. The number of likely N-dealkylation sites (N-methyl/N-ethyl adjacent to an activating group) is 1. The normalized spacial score (nSPS) is 27.2. The van der Waals surface area contributed by atoms with Gasteiger partial charge in [0.05, 0.1) is 6.10 Å². The van der Waals surface area contributed by atoms with E-state index in [0.717, 1.165) is 73.4 Å². The van der Waals surface area contributed by atoms with Crippen LogP contribution in [0.15, 0.2) is 72.3 Å². The van der Waals surface area contributed by atoms with Gasteiger partial charge in [-0.2, -0.15) is 0 Å². The number of fused-ring (bicyclic) bond motifs is 3. The molecule has 5 rings (SSSR count). The average molecular weight is 493 g/mol. The third kappa shape index (κ3) is 4.20. The SMILES string of the molecule is C=CCCC(=C)C1=NC2(ON1C)c1cc(Oc3ccc(Cl)cc3)ccc1CC21CCC(OC)CC1. The van der Waals surface area contributed by atoms with E-state index in [1.165, 1.54) is 5.56 Å². The second kappa shape index (κ2) is 9.45. The molecule has 0 amide bonds. The number of hydrogen-bond acceptors (Lipinski definition) is 5. The van der Waals surface area contributed by atoms with E-state index in [1.807, 2.05) is 55.6 Å². The predicted molar refractivity (Wildman–Crippen MR) is 140 cm³/mol. The van der Waals surface area contributed by atoms with Crippen molar-refractivity contribution in [2.24, 2.45) is 10.4 Å². The molecule has 35 heavy (non-hydrogen) atoms. The Hall–Kier alpha value is -2.60. The zero-order chi connectivity index (χ0) is 24.6. The quantitative estimate of drug-likeness (QED) is 0.383. The van der Waals surface area contributed by atoms with Crippen LogP contribution in [-0.2, 0) is 21.7 Å². The van der Waals surface area contributed by atoms with Crippen molar-refractivity contribution in [2.75, 3.05) is 14.2 Å². The molecule has 2 aliphatic carbocycles. The number of hydroxylamine groups is 2. The summed E-state index contributed by atoms with van der Waals surface area (Å²) in [5.74, 6) is 2.31. The van der Waals surface area contributed by atoms with Crippen LogP contribution >= 0.6 is 11.6 Å². The van der Waals surface area contributed by atoms with Gasteiger partial charge in [-0.05, 0) is 92.5 Å². The number of methoxy groups -OCH3 is 1. The lowest BCUT2D eigenvalue weighted by molar-refractivity contribution is -0.231. The van der Waals surface area contributed by atoms with E-state index < -0.39 is 5.72 Å². The van der Waals surface area contributed by atoms with Gasteiger partial charge in [0, 0.05) is 30.2 Å². The van der Waals surface area contributed by atoms with Crippen molar-refractivity contribution in [3.05, 3.63) is 83.4 Å². The Morgan fingerprint density at radius 3 is 2.60 bits per heavy atom. The third-order valence-electron chi connectivity index (χ3n) is 7.76. The van der Waals surface area contributed by atoms with Gasteiger partial charge in [0.25, 0.3) is 0 Å². The molecule has 5 nitrogen and oxygen atoms in total. The molecule has 2 aromatic rings. The van der Waals surface area contributed by atoms with Crippen LogP contribution in [0.5, 0.6) is 11.5 Å². The standard InChI is InChI=1S/C29H33ClN2O3/c1-5-6-7-20(2)27-31-29(35-32(27)3)26-18-25(34-24-12-9-22(30)10-13-24)11-8-21(26)19-28(29)16-14-23(33-4)15-17-28/h5,8-13,18,23H,1-2,6-7,14-17,19H2,3-4H3. The van der Waals surface area contributed by atoms with Crippen molar-refractivity contribution in [1.82, 2.24) is 5.06 Å². The van der Waals surface area contributed by atoms with Crippen molar-refractivity contribution in [3.63, 3.8) is 0 Å². The van der Waals surface area contributed by atoms with Crippen molar-refractivity contribution in [3.8, 4) is 11.5 Å². The number of rotatable bonds is 7. The largest absolute Gasteiger partial charge is 0.457 e. The lowest BCUT2D eigenvalue weighted by atomic mass is 9.66. The second-order valence-electron chi connectivity index (χ2n) is 9.87. The van der Waals surface area contributed by atoms with E-state index in [0.29, 0.717) is 5.02 Å². The van der Waals surface area contributed by atoms with E-state index in [2.05, 4.69) is 25.3 Å². The highest BCUT2D eigenvalue weighted by molar-refractivity contribution is 6.30. The summed E-state index contributed by atoms with van der Waals surface area (Å²) < 4.78 is 11.9.